The number of alkyl carbamates (subject to hydrolysis) is 1. The minimum atomic E-state index is -1.08. The van der Waals surface area contributed by atoms with Crippen LogP contribution < -0.4 is 21.3 Å². The van der Waals surface area contributed by atoms with Gasteiger partial charge in [0.25, 0.3) is 0 Å². The van der Waals surface area contributed by atoms with E-state index in [9.17, 15) is 14.4 Å². The van der Waals surface area contributed by atoms with Gasteiger partial charge in [-0.25, -0.2) is 9.59 Å². The van der Waals surface area contributed by atoms with Crippen molar-refractivity contribution in [2.24, 2.45) is 5.92 Å². The summed E-state index contributed by atoms with van der Waals surface area (Å²) in [5, 5.41) is 19.9. The van der Waals surface area contributed by atoms with E-state index >= 15 is 0 Å². The van der Waals surface area contributed by atoms with Crippen LogP contribution in [0.5, 0.6) is 0 Å². The third-order valence-electron chi connectivity index (χ3n) is 5.01. The summed E-state index contributed by atoms with van der Waals surface area (Å²) < 4.78 is 5.34. The lowest BCUT2D eigenvalue weighted by molar-refractivity contribution is -0.135. The normalized spacial score (nSPS) is 22.8. The second kappa shape index (κ2) is 12.4. The average molecular weight is 401 g/mol. The lowest BCUT2D eigenvalue weighted by Gasteiger charge is -2.38. The smallest absolute Gasteiger partial charge is 0.407 e. The molecule has 0 aromatic rings. The fraction of sp³-hybridized carbons (Fsp3) is 0.842. The van der Waals surface area contributed by atoms with Crippen molar-refractivity contribution >= 4 is 18.1 Å². The van der Waals surface area contributed by atoms with Gasteiger partial charge in [-0.2, -0.15) is 0 Å². The summed E-state index contributed by atoms with van der Waals surface area (Å²) in [6.07, 6.45) is 4.93. The molecule has 0 aromatic heterocycles. The largest absolute Gasteiger partial charge is 0.480 e. The molecule has 3 amide bonds. The van der Waals surface area contributed by atoms with Crippen molar-refractivity contribution in [2.75, 3.05) is 26.2 Å². The number of aliphatic carboxylic acids is 1. The number of hydrogen-bond acceptors (Lipinski definition) is 5. The van der Waals surface area contributed by atoms with Gasteiger partial charge in [0.2, 0.25) is 0 Å². The molecule has 9 heteroatoms. The molecule has 1 aliphatic rings. The zero-order valence-electron chi connectivity index (χ0n) is 17.3. The van der Waals surface area contributed by atoms with Crippen molar-refractivity contribution in [1.29, 1.82) is 0 Å². The summed E-state index contributed by atoms with van der Waals surface area (Å²) >= 11 is 0. The van der Waals surface area contributed by atoms with Crippen LogP contribution in [0.4, 0.5) is 9.59 Å². The third kappa shape index (κ3) is 10.3. The van der Waals surface area contributed by atoms with Gasteiger partial charge in [0.1, 0.15) is 12.6 Å². The van der Waals surface area contributed by atoms with Gasteiger partial charge < -0.3 is 31.1 Å². The highest BCUT2D eigenvalue weighted by molar-refractivity contribution is 5.80. The van der Waals surface area contributed by atoms with Crippen molar-refractivity contribution in [1.82, 2.24) is 21.3 Å². The third-order valence-corrected chi connectivity index (χ3v) is 5.01. The Morgan fingerprint density at radius 1 is 1.21 bits per heavy atom. The summed E-state index contributed by atoms with van der Waals surface area (Å²) in [5.74, 6) is -0.740. The molecule has 1 fully saturated rings. The van der Waals surface area contributed by atoms with Crippen molar-refractivity contribution in [3.05, 3.63) is 0 Å². The Hall–Kier alpha value is -2.03. The van der Waals surface area contributed by atoms with Crippen LogP contribution in [-0.2, 0) is 9.53 Å². The first kappa shape index (κ1) is 24.0. The van der Waals surface area contributed by atoms with Crippen molar-refractivity contribution < 1.29 is 24.2 Å². The molecule has 0 radical (unpaired) electrons. The molecule has 28 heavy (non-hydrogen) atoms. The molecule has 1 atom stereocenters. The molecule has 1 aliphatic carbocycles. The Balaban J connectivity index is 2.20. The number of hydrogen-bond donors (Lipinski definition) is 5. The second-order valence-corrected chi connectivity index (χ2v) is 7.86. The predicted molar refractivity (Wildman–Crippen MR) is 106 cm³/mol. The molecular weight excluding hydrogens is 364 g/mol. The first-order valence-electron chi connectivity index (χ1n) is 10.2. The summed E-state index contributed by atoms with van der Waals surface area (Å²) in [6.45, 7) is 7.68. The summed E-state index contributed by atoms with van der Waals surface area (Å²) in [4.78, 5) is 34.2. The number of ether oxygens (including phenoxy) is 1. The van der Waals surface area contributed by atoms with Crippen LogP contribution in [0.3, 0.4) is 0 Å². The van der Waals surface area contributed by atoms with E-state index in [0.29, 0.717) is 19.0 Å². The van der Waals surface area contributed by atoms with Crippen LogP contribution in [0.15, 0.2) is 0 Å². The van der Waals surface area contributed by atoms with Crippen LogP contribution in [0, 0.1) is 5.92 Å². The van der Waals surface area contributed by atoms with E-state index in [-0.39, 0.29) is 11.6 Å². The molecule has 162 valence electrons. The zero-order chi connectivity index (χ0) is 21.0. The first-order chi connectivity index (χ1) is 13.2. The highest BCUT2D eigenvalue weighted by Crippen LogP contribution is 2.31. The van der Waals surface area contributed by atoms with Gasteiger partial charge in [-0.05, 0) is 58.4 Å². The minimum Gasteiger partial charge on any atom is -0.480 e. The van der Waals surface area contributed by atoms with Crippen LogP contribution in [-0.4, -0.2) is 61.0 Å². The minimum absolute atomic E-state index is 0.181. The van der Waals surface area contributed by atoms with E-state index < -0.39 is 24.6 Å². The summed E-state index contributed by atoms with van der Waals surface area (Å²) in [5.41, 5.74) is -0.363. The zero-order valence-corrected chi connectivity index (χ0v) is 17.3. The molecule has 1 saturated carbocycles. The van der Waals surface area contributed by atoms with Gasteiger partial charge in [0.05, 0.1) is 0 Å². The Kier molecular flexibility index (Phi) is 10.7. The van der Waals surface area contributed by atoms with Gasteiger partial charge in [-0.1, -0.05) is 13.3 Å². The molecule has 1 unspecified atom stereocenters. The molecule has 0 heterocycles. The molecular formula is C19H36N4O5. The SMILES string of the molecule is CCCCNCC(C)OC(=O)NCC1CCC(C)(NC(=O)NCC(=O)O)CC1. The van der Waals surface area contributed by atoms with Crippen LogP contribution in [0.2, 0.25) is 0 Å². The highest BCUT2D eigenvalue weighted by Gasteiger charge is 2.32. The fourth-order valence-corrected chi connectivity index (χ4v) is 3.22. The lowest BCUT2D eigenvalue weighted by Crippen LogP contribution is -2.53. The number of rotatable bonds is 11. The van der Waals surface area contributed by atoms with Crippen LogP contribution in [0.1, 0.15) is 59.3 Å². The van der Waals surface area contributed by atoms with E-state index in [0.717, 1.165) is 45.1 Å². The molecule has 5 N–H and O–H groups in total. The van der Waals surface area contributed by atoms with Crippen molar-refractivity contribution in [3.8, 4) is 0 Å². The summed E-state index contributed by atoms with van der Waals surface area (Å²) in [6, 6.07) is -0.466. The second-order valence-electron chi connectivity index (χ2n) is 7.86. The number of carbonyl (C=O) groups excluding carboxylic acids is 2. The molecule has 0 aliphatic heterocycles. The molecule has 0 saturated heterocycles. The number of carboxylic acids is 1. The number of nitrogens with one attached hydrogen (secondary N) is 4. The maximum atomic E-state index is 11.9. The van der Waals surface area contributed by atoms with E-state index in [1.54, 1.807) is 0 Å². The number of carboxylic acid groups (broad SMARTS) is 1. The van der Waals surface area contributed by atoms with Gasteiger partial charge in [0, 0.05) is 18.6 Å². The highest BCUT2D eigenvalue weighted by atomic mass is 16.6. The number of amides is 3. The maximum Gasteiger partial charge on any atom is 0.407 e. The fourth-order valence-electron chi connectivity index (χ4n) is 3.22. The molecule has 0 spiro atoms. The predicted octanol–water partition coefficient (Wildman–Crippen LogP) is 1.82. The number of carbonyl (C=O) groups is 3. The number of urea groups is 1. The first-order valence-corrected chi connectivity index (χ1v) is 10.2. The Bertz CT molecular complexity index is 507. The Morgan fingerprint density at radius 3 is 2.50 bits per heavy atom. The quantitative estimate of drug-likeness (QED) is 0.337. The van der Waals surface area contributed by atoms with Gasteiger partial charge >= 0.3 is 18.1 Å². The average Bonchev–Trinajstić information content (AvgIpc) is 2.63. The summed E-state index contributed by atoms with van der Waals surface area (Å²) in [7, 11) is 0. The van der Waals surface area contributed by atoms with Gasteiger partial charge in [-0.3, -0.25) is 4.79 Å². The topological polar surface area (TPSA) is 129 Å². The van der Waals surface area contributed by atoms with E-state index in [4.69, 9.17) is 9.84 Å². The number of unbranched alkanes of at least 4 members (excludes halogenated alkanes) is 1. The van der Waals surface area contributed by atoms with Gasteiger partial charge in [-0.15, -0.1) is 0 Å². The van der Waals surface area contributed by atoms with Crippen molar-refractivity contribution in [2.45, 2.75) is 70.9 Å². The standard InChI is InChI=1S/C19H36N4O5/c1-4-5-10-20-11-14(2)28-18(27)22-12-15-6-8-19(3,9-7-15)23-17(26)21-13-16(24)25/h14-15,20H,4-13H2,1-3H3,(H,22,27)(H,24,25)(H2,21,23,26). The lowest BCUT2D eigenvalue weighted by atomic mass is 9.77. The van der Waals surface area contributed by atoms with Crippen molar-refractivity contribution in [3.63, 3.8) is 0 Å². The molecule has 0 aromatic carbocycles. The van der Waals surface area contributed by atoms with Gasteiger partial charge in [0.15, 0.2) is 0 Å². The van der Waals surface area contributed by atoms with E-state index in [1.165, 1.54) is 0 Å². The Morgan fingerprint density at radius 2 is 1.89 bits per heavy atom. The Labute approximate surface area is 167 Å². The van der Waals surface area contributed by atoms with E-state index in [2.05, 4.69) is 28.2 Å². The van der Waals surface area contributed by atoms with Crippen LogP contribution >= 0.6 is 0 Å². The maximum absolute atomic E-state index is 11.9. The molecule has 0 bridgehead atoms. The molecule has 1 rings (SSSR count). The van der Waals surface area contributed by atoms with E-state index in [1.807, 2.05) is 13.8 Å². The molecule has 9 nitrogen and oxygen atoms in total. The van der Waals surface area contributed by atoms with Crippen LogP contribution in [0.25, 0.3) is 0 Å². The monoisotopic (exact) mass is 400 g/mol.